The summed E-state index contributed by atoms with van der Waals surface area (Å²) in [5.41, 5.74) is 3.45. The first-order valence-electron chi connectivity index (χ1n) is 8.39. The first kappa shape index (κ1) is 27.4. The molecule has 0 aliphatic heterocycles. The summed E-state index contributed by atoms with van der Waals surface area (Å²) in [5.74, 6) is 0.628. The topological polar surface area (TPSA) is 151 Å². The molecule has 0 saturated carbocycles. The largest absolute Gasteiger partial charge is 0.488 e. The fraction of sp³-hybridized carbons (Fsp3) is 0.500. The molecule has 0 aliphatic carbocycles. The summed E-state index contributed by atoms with van der Waals surface area (Å²) >= 11 is 0. The Morgan fingerprint density at radius 3 is 1.89 bits per heavy atom. The monoisotopic (exact) mass is 458 g/mol. The van der Waals surface area contributed by atoms with E-state index in [1.807, 2.05) is 6.92 Å². The molecule has 0 aliphatic rings. The minimum Gasteiger partial charge on any atom is -0.321 e. The lowest BCUT2D eigenvalue weighted by molar-refractivity contribution is 0.224. The normalized spacial score (nSPS) is 18.0. The van der Waals surface area contributed by atoms with Crippen LogP contribution < -0.4 is 0 Å². The van der Waals surface area contributed by atoms with Crippen molar-refractivity contribution in [1.82, 2.24) is 0 Å². The Kier molecular flexibility index (Phi) is 11.9. The van der Waals surface area contributed by atoms with Crippen LogP contribution in [0.1, 0.15) is 53.4 Å². The number of hydrogen-bond donors (Lipinski definition) is 4. The predicted octanol–water partition coefficient (Wildman–Crippen LogP) is 5.33. The fourth-order valence-corrected chi connectivity index (χ4v) is 5.13. The molecule has 0 aromatic heterocycles. The van der Waals surface area contributed by atoms with Crippen molar-refractivity contribution in [2.75, 3.05) is 0 Å². The summed E-state index contributed by atoms with van der Waals surface area (Å²) in [7, 11) is -15.5. The molecule has 0 heterocycles. The highest BCUT2D eigenvalue weighted by Gasteiger charge is 2.38. The van der Waals surface area contributed by atoms with E-state index in [0.717, 1.165) is 24.8 Å². The summed E-state index contributed by atoms with van der Waals surface area (Å²) in [6.07, 6.45) is 10.5. The minimum absolute atomic E-state index is 0.628. The molecule has 4 N–H and O–H groups in total. The second-order valence-electron chi connectivity index (χ2n) is 6.45. The van der Waals surface area contributed by atoms with Crippen molar-refractivity contribution in [2.24, 2.45) is 0 Å². The van der Waals surface area contributed by atoms with Gasteiger partial charge in [0.1, 0.15) is 0 Å². The minimum atomic E-state index is -5.40. The highest BCUT2D eigenvalue weighted by molar-refractivity contribution is 7.69. The standard InChI is InChI=1S/C16H29O9P3/c1-14(2)8-5-9-15(3)10-6-11-16(4)12-7-13-26(17,18)24-28(22,23)25-27(19,20)21/h7-8,10,12-13H,5-6,9,11H2,1-4H3,(H,17,18)(H,22,23)(H2,19,20,21). The third kappa shape index (κ3) is 16.4. The Balaban J connectivity index is 4.62. The van der Waals surface area contributed by atoms with E-state index < -0.39 is 23.2 Å². The number of phosphoric acid groups is 2. The summed E-state index contributed by atoms with van der Waals surface area (Å²) in [4.78, 5) is 35.5. The van der Waals surface area contributed by atoms with Crippen LogP contribution in [0.5, 0.6) is 0 Å². The maximum atomic E-state index is 11.7. The van der Waals surface area contributed by atoms with E-state index in [1.165, 1.54) is 23.3 Å². The van der Waals surface area contributed by atoms with Gasteiger partial charge in [0, 0.05) is 5.82 Å². The van der Waals surface area contributed by atoms with E-state index in [0.29, 0.717) is 12.2 Å². The molecule has 162 valence electrons. The van der Waals surface area contributed by atoms with Gasteiger partial charge in [-0.1, -0.05) is 41.0 Å². The van der Waals surface area contributed by atoms with E-state index in [1.54, 1.807) is 0 Å². The van der Waals surface area contributed by atoms with E-state index in [-0.39, 0.29) is 0 Å². The highest BCUT2D eigenvalue weighted by atomic mass is 31.3. The van der Waals surface area contributed by atoms with Gasteiger partial charge in [0.05, 0.1) is 0 Å². The lowest BCUT2D eigenvalue weighted by Gasteiger charge is -2.13. The molecule has 9 nitrogen and oxygen atoms in total. The molecule has 28 heavy (non-hydrogen) atoms. The average molecular weight is 458 g/mol. The van der Waals surface area contributed by atoms with Crippen LogP contribution in [-0.4, -0.2) is 19.6 Å². The molecule has 0 aromatic carbocycles. The fourth-order valence-electron chi connectivity index (χ4n) is 1.96. The van der Waals surface area contributed by atoms with Gasteiger partial charge in [0.15, 0.2) is 0 Å². The van der Waals surface area contributed by atoms with Crippen molar-refractivity contribution in [3.05, 3.63) is 46.8 Å². The highest BCUT2D eigenvalue weighted by Crippen LogP contribution is 2.66. The molecule has 0 rings (SSSR count). The van der Waals surface area contributed by atoms with Gasteiger partial charge in [-0.3, -0.25) is 4.57 Å². The molecule has 0 saturated heterocycles. The zero-order valence-corrected chi connectivity index (χ0v) is 19.1. The molecular weight excluding hydrogens is 429 g/mol. The van der Waals surface area contributed by atoms with E-state index in [9.17, 15) is 18.6 Å². The molecular formula is C16H29O9P3. The Bertz CT molecular complexity index is 770. The van der Waals surface area contributed by atoms with Gasteiger partial charge in [-0.05, 0) is 53.4 Å². The van der Waals surface area contributed by atoms with Crippen molar-refractivity contribution in [2.45, 2.75) is 53.4 Å². The van der Waals surface area contributed by atoms with Crippen molar-refractivity contribution in [3.63, 3.8) is 0 Å². The third-order valence-corrected chi connectivity index (χ3v) is 7.19. The lowest BCUT2D eigenvalue weighted by Crippen LogP contribution is -1.91. The molecule has 0 spiro atoms. The average Bonchev–Trinajstić information content (AvgIpc) is 2.42. The lowest BCUT2D eigenvalue weighted by atomic mass is 10.1. The summed E-state index contributed by atoms with van der Waals surface area (Å²) in [6.45, 7) is 7.99. The van der Waals surface area contributed by atoms with Crippen LogP contribution in [0.25, 0.3) is 0 Å². The Labute approximate surface area is 165 Å². The summed E-state index contributed by atoms with van der Waals surface area (Å²) in [6, 6.07) is 0. The van der Waals surface area contributed by atoms with Gasteiger partial charge in [0.2, 0.25) is 0 Å². The smallest absolute Gasteiger partial charge is 0.321 e. The van der Waals surface area contributed by atoms with Crippen molar-refractivity contribution < 1.29 is 41.9 Å². The van der Waals surface area contributed by atoms with E-state index >= 15 is 0 Å². The van der Waals surface area contributed by atoms with Crippen LogP contribution in [0.3, 0.4) is 0 Å². The van der Waals surface area contributed by atoms with Gasteiger partial charge in [0.25, 0.3) is 0 Å². The number of allylic oxidation sites excluding steroid dienone is 7. The van der Waals surface area contributed by atoms with Crippen LogP contribution in [0, 0.1) is 0 Å². The zero-order chi connectivity index (χ0) is 22.0. The first-order valence-corrected chi connectivity index (χ1v) is 13.1. The van der Waals surface area contributed by atoms with Gasteiger partial charge >= 0.3 is 23.2 Å². The predicted molar refractivity (Wildman–Crippen MR) is 108 cm³/mol. The first-order chi connectivity index (χ1) is 12.6. The van der Waals surface area contributed by atoms with Crippen LogP contribution in [-0.2, 0) is 22.3 Å². The number of rotatable bonds is 12. The quantitative estimate of drug-likeness (QED) is 0.173. The van der Waals surface area contributed by atoms with Crippen LogP contribution in [0.4, 0.5) is 0 Å². The molecule has 0 radical (unpaired) electrons. The molecule has 0 fully saturated rings. The van der Waals surface area contributed by atoms with Gasteiger partial charge in [-0.15, -0.1) is 0 Å². The van der Waals surface area contributed by atoms with E-state index in [2.05, 4.69) is 41.5 Å². The SMILES string of the molecule is CC(C)=CCCC(C)=CCCC(C)=CC=CP(=O)(O)OP(=O)(O)OP(=O)(O)O. The maximum Gasteiger partial charge on any atom is 0.488 e. The number of hydrogen-bond acceptors (Lipinski definition) is 5. The van der Waals surface area contributed by atoms with Crippen molar-refractivity contribution >= 4 is 23.2 Å². The molecule has 2 atom stereocenters. The molecule has 12 heteroatoms. The molecule has 0 bridgehead atoms. The molecule has 0 amide bonds. The zero-order valence-electron chi connectivity index (χ0n) is 16.4. The Morgan fingerprint density at radius 2 is 1.36 bits per heavy atom. The maximum absolute atomic E-state index is 11.7. The van der Waals surface area contributed by atoms with Crippen LogP contribution >= 0.6 is 23.2 Å². The second kappa shape index (κ2) is 12.2. The molecule has 0 aromatic rings. The van der Waals surface area contributed by atoms with Gasteiger partial charge in [-0.2, -0.15) is 4.31 Å². The van der Waals surface area contributed by atoms with Gasteiger partial charge in [-0.25, -0.2) is 13.4 Å². The Morgan fingerprint density at radius 1 is 0.821 bits per heavy atom. The third-order valence-electron chi connectivity index (χ3n) is 3.21. The van der Waals surface area contributed by atoms with Crippen molar-refractivity contribution in [1.29, 1.82) is 0 Å². The summed E-state index contributed by atoms with van der Waals surface area (Å²) in [5, 5.41) is 0. The van der Waals surface area contributed by atoms with Crippen LogP contribution in [0.15, 0.2) is 46.8 Å². The van der Waals surface area contributed by atoms with Crippen molar-refractivity contribution in [3.8, 4) is 0 Å². The Hall–Kier alpha value is -0.590. The van der Waals surface area contributed by atoms with E-state index in [4.69, 9.17) is 14.7 Å². The molecule has 2 unspecified atom stereocenters. The second-order valence-corrected chi connectivity index (χ2v) is 11.1. The summed E-state index contributed by atoms with van der Waals surface area (Å²) < 4.78 is 40.9. The van der Waals surface area contributed by atoms with Crippen LogP contribution in [0.2, 0.25) is 0 Å². The van der Waals surface area contributed by atoms with Gasteiger partial charge < -0.3 is 19.6 Å².